The molecule has 2 aromatic rings. The van der Waals surface area contributed by atoms with Crippen LogP contribution in [0.2, 0.25) is 5.02 Å². The number of carbonyl (C=O) groups excluding carboxylic acids is 1. The molecule has 3 nitrogen and oxygen atoms in total. The van der Waals surface area contributed by atoms with Crippen LogP contribution in [0.25, 0.3) is 0 Å². The lowest BCUT2D eigenvalue weighted by Crippen LogP contribution is -2.63. The summed E-state index contributed by atoms with van der Waals surface area (Å²) in [6.45, 7) is 2.02. The minimum Gasteiger partial charge on any atom is -0.318 e. The number of amides is 1. The number of benzene rings is 2. The second kappa shape index (κ2) is 4.93. The summed E-state index contributed by atoms with van der Waals surface area (Å²) < 4.78 is 0. The lowest BCUT2D eigenvalue weighted by molar-refractivity contribution is -0.126. The zero-order valence-electron chi connectivity index (χ0n) is 11.1. The first kappa shape index (κ1) is 13.2. The number of hydrogen-bond donors (Lipinski definition) is 1. The second-order valence-electron chi connectivity index (χ2n) is 5.07. The number of aryl methyl sites for hydroxylation is 1. The van der Waals surface area contributed by atoms with Crippen molar-refractivity contribution in [2.45, 2.75) is 19.0 Å². The zero-order valence-corrected chi connectivity index (χ0v) is 11.8. The molecule has 2 aromatic carbocycles. The number of carbonyl (C=O) groups is 1. The quantitative estimate of drug-likeness (QED) is 0.863. The Morgan fingerprint density at radius 3 is 2.25 bits per heavy atom. The number of β-lactam (4-membered cyclic amide) rings is 1. The summed E-state index contributed by atoms with van der Waals surface area (Å²) in [5.74, 6) is -0.0474. The molecule has 3 rings (SSSR count). The van der Waals surface area contributed by atoms with Crippen molar-refractivity contribution < 1.29 is 4.79 Å². The van der Waals surface area contributed by atoms with Crippen LogP contribution in [0.4, 0.5) is 5.69 Å². The molecule has 0 radical (unpaired) electrons. The highest BCUT2D eigenvalue weighted by molar-refractivity contribution is 6.30. The molecule has 1 amide bonds. The summed E-state index contributed by atoms with van der Waals surface area (Å²) in [5.41, 5.74) is 9.01. The molecule has 20 heavy (non-hydrogen) atoms. The molecule has 0 spiro atoms. The molecule has 102 valence electrons. The van der Waals surface area contributed by atoms with Gasteiger partial charge in [0.25, 0.3) is 0 Å². The van der Waals surface area contributed by atoms with Crippen LogP contribution in [0.15, 0.2) is 48.5 Å². The molecular formula is C16H15ClN2O. The van der Waals surface area contributed by atoms with Gasteiger partial charge in [-0.3, -0.25) is 4.79 Å². The lowest BCUT2D eigenvalue weighted by atomic mass is 9.88. The minimum absolute atomic E-state index is 0.0474. The van der Waals surface area contributed by atoms with Gasteiger partial charge in [0.1, 0.15) is 6.04 Å². The smallest absolute Gasteiger partial charge is 0.247 e. The van der Waals surface area contributed by atoms with E-state index < -0.39 is 6.04 Å². The van der Waals surface area contributed by atoms with Crippen LogP contribution in [0.5, 0.6) is 0 Å². The second-order valence-corrected chi connectivity index (χ2v) is 5.50. The highest BCUT2D eigenvalue weighted by Gasteiger charge is 2.46. The van der Waals surface area contributed by atoms with Crippen molar-refractivity contribution in [3.8, 4) is 0 Å². The van der Waals surface area contributed by atoms with E-state index in [-0.39, 0.29) is 11.9 Å². The van der Waals surface area contributed by atoms with E-state index in [9.17, 15) is 4.79 Å². The van der Waals surface area contributed by atoms with Gasteiger partial charge in [-0.1, -0.05) is 41.4 Å². The van der Waals surface area contributed by atoms with Crippen molar-refractivity contribution in [1.82, 2.24) is 0 Å². The molecule has 2 N–H and O–H groups in total. The molecule has 1 heterocycles. The van der Waals surface area contributed by atoms with Gasteiger partial charge in [-0.05, 0) is 36.8 Å². The summed E-state index contributed by atoms with van der Waals surface area (Å²) in [7, 11) is 0. The van der Waals surface area contributed by atoms with E-state index in [1.807, 2.05) is 55.5 Å². The van der Waals surface area contributed by atoms with Gasteiger partial charge < -0.3 is 10.6 Å². The van der Waals surface area contributed by atoms with Crippen molar-refractivity contribution in [2.75, 3.05) is 4.90 Å². The summed E-state index contributed by atoms with van der Waals surface area (Å²) in [4.78, 5) is 13.8. The van der Waals surface area contributed by atoms with Crippen molar-refractivity contribution >= 4 is 23.2 Å². The number of halogens is 1. The van der Waals surface area contributed by atoms with Gasteiger partial charge in [0, 0.05) is 10.7 Å². The van der Waals surface area contributed by atoms with Crippen LogP contribution in [0, 0.1) is 6.92 Å². The molecule has 0 unspecified atom stereocenters. The first-order chi connectivity index (χ1) is 9.58. The molecule has 4 heteroatoms. The predicted molar refractivity (Wildman–Crippen MR) is 80.8 cm³/mol. The van der Waals surface area contributed by atoms with Crippen LogP contribution in [0.1, 0.15) is 17.2 Å². The summed E-state index contributed by atoms with van der Waals surface area (Å²) >= 11 is 5.90. The average Bonchev–Trinajstić information content (AvgIpc) is 2.46. The maximum atomic E-state index is 12.1. The Balaban J connectivity index is 1.95. The van der Waals surface area contributed by atoms with Crippen molar-refractivity contribution in [3.63, 3.8) is 0 Å². The number of hydrogen-bond acceptors (Lipinski definition) is 2. The van der Waals surface area contributed by atoms with E-state index in [1.54, 1.807) is 4.90 Å². The van der Waals surface area contributed by atoms with E-state index >= 15 is 0 Å². The van der Waals surface area contributed by atoms with Gasteiger partial charge in [-0.2, -0.15) is 0 Å². The Morgan fingerprint density at radius 1 is 1.05 bits per heavy atom. The largest absolute Gasteiger partial charge is 0.318 e. The molecule has 0 aromatic heterocycles. The van der Waals surface area contributed by atoms with Crippen LogP contribution < -0.4 is 10.6 Å². The highest BCUT2D eigenvalue weighted by atomic mass is 35.5. The van der Waals surface area contributed by atoms with E-state index in [0.717, 1.165) is 16.8 Å². The standard InChI is InChI=1S/C16H15ClN2O/c1-10-2-8-13(9-3-10)19-15(14(18)16(19)20)11-4-6-12(17)7-5-11/h2-9,14-15H,18H2,1H3/t14-,15-/m0/s1. The molecule has 0 aliphatic carbocycles. The Morgan fingerprint density at radius 2 is 1.65 bits per heavy atom. The number of nitrogens with two attached hydrogens (primary N) is 1. The van der Waals surface area contributed by atoms with Gasteiger partial charge in [-0.15, -0.1) is 0 Å². The van der Waals surface area contributed by atoms with Crippen LogP contribution in [-0.2, 0) is 4.79 Å². The molecule has 0 saturated carbocycles. The first-order valence-electron chi connectivity index (χ1n) is 6.49. The fourth-order valence-corrected chi connectivity index (χ4v) is 2.65. The lowest BCUT2D eigenvalue weighted by Gasteiger charge is -2.45. The van der Waals surface area contributed by atoms with E-state index in [1.165, 1.54) is 0 Å². The number of nitrogens with zero attached hydrogens (tertiary/aromatic N) is 1. The number of anilines is 1. The zero-order chi connectivity index (χ0) is 14.3. The van der Waals surface area contributed by atoms with Gasteiger partial charge in [-0.25, -0.2) is 0 Å². The molecule has 1 aliphatic rings. The van der Waals surface area contributed by atoms with Gasteiger partial charge in [0.2, 0.25) is 5.91 Å². The van der Waals surface area contributed by atoms with E-state index in [4.69, 9.17) is 17.3 Å². The monoisotopic (exact) mass is 286 g/mol. The molecule has 1 saturated heterocycles. The molecule has 1 fully saturated rings. The van der Waals surface area contributed by atoms with Crippen LogP contribution in [-0.4, -0.2) is 11.9 Å². The molecular weight excluding hydrogens is 272 g/mol. The molecule has 1 aliphatic heterocycles. The third-order valence-corrected chi connectivity index (χ3v) is 3.92. The third-order valence-electron chi connectivity index (χ3n) is 3.66. The normalized spacial score (nSPS) is 21.8. The Bertz CT molecular complexity index is 637. The number of rotatable bonds is 2. The Kier molecular flexibility index (Phi) is 3.24. The third kappa shape index (κ3) is 2.09. The molecule has 2 atom stereocenters. The van der Waals surface area contributed by atoms with E-state index in [2.05, 4.69) is 0 Å². The summed E-state index contributed by atoms with van der Waals surface area (Å²) in [5, 5.41) is 0.676. The highest BCUT2D eigenvalue weighted by Crippen LogP contribution is 2.38. The fraction of sp³-hybridized carbons (Fsp3) is 0.188. The van der Waals surface area contributed by atoms with Crippen molar-refractivity contribution in [3.05, 3.63) is 64.7 Å². The van der Waals surface area contributed by atoms with Gasteiger partial charge >= 0.3 is 0 Å². The Hall–Kier alpha value is -1.84. The van der Waals surface area contributed by atoms with Crippen molar-refractivity contribution in [1.29, 1.82) is 0 Å². The molecule has 0 bridgehead atoms. The maximum absolute atomic E-state index is 12.1. The SMILES string of the molecule is Cc1ccc(N2C(=O)[C@@H](N)[C@@H]2c2ccc(Cl)cc2)cc1. The van der Waals surface area contributed by atoms with Crippen LogP contribution >= 0.6 is 11.6 Å². The average molecular weight is 287 g/mol. The van der Waals surface area contributed by atoms with Gasteiger partial charge in [0.05, 0.1) is 6.04 Å². The first-order valence-corrected chi connectivity index (χ1v) is 6.86. The maximum Gasteiger partial charge on any atom is 0.247 e. The summed E-state index contributed by atoms with van der Waals surface area (Å²) in [6.07, 6.45) is 0. The minimum atomic E-state index is -0.488. The fourth-order valence-electron chi connectivity index (χ4n) is 2.52. The van der Waals surface area contributed by atoms with E-state index in [0.29, 0.717) is 5.02 Å². The van der Waals surface area contributed by atoms with Crippen molar-refractivity contribution in [2.24, 2.45) is 5.73 Å². The van der Waals surface area contributed by atoms with Crippen LogP contribution in [0.3, 0.4) is 0 Å². The predicted octanol–water partition coefficient (Wildman–Crippen LogP) is 3.06. The Labute approximate surface area is 123 Å². The topological polar surface area (TPSA) is 46.3 Å². The summed E-state index contributed by atoms with van der Waals surface area (Å²) in [6, 6.07) is 14.7. The van der Waals surface area contributed by atoms with Gasteiger partial charge in [0.15, 0.2) is 0 Å².